The predicted octanol–water partition coefficient (Wildman–Crippen LogP) is 1.08. The lowest BCUT2D eigenvalue weighted by Gasteiger charge is -2.01. The van der Waals surface area contributed by atoms with E-state index in [1.807, 2.05) is 0 Å². The Morgan fingerprint density at radius 2 is 2.31 bits per heavy atom. The summed E-state index contributed by atoms with van der Waals surface area (Å²) in [4.78, 5) is 15.7. The summed E-state index contributed by atoms with van der Waals surface area (Å²) < 4.78 is 5.60. The summed E-state index contributed by atoms with van der Waals surface area (Å²) in [5.41, 5.74) is 0.403. The molecule has 3 aromatic rings. The maximum Gasteiger partial charge on any atom is 0.298 e. The van der Waals surface area contributed by atoms with E-state index in [0.29, 0.717) is 21.4 Å². The molecule has 80 valence electrons. The summed E-state index contributed by atoms with van der Waals surface area (Å²) >= 11 is 0. The highest BCUT2D eigenvalue weighted by Crippen LogP contribution is 2.22. The molecule has 0 aliphatic carbocycles. The van der Waals surface area contributed by atoms with E-state index < -0.39 is 5.56 Å². The molecule has 3 heterocycles. The van der Waals surface area contributed by atoms with Crippen LogP contribution in [0.5, 0.6) is 0 Å². The van der Waals surface area contributed by atoms with Crippen LogP contribution in [0.15, 0.2) is 27.6 Å². The minimum absolute atomic E-state index is 0.163. The molecule has 0 radical (unpaired) electrons. The van der Waals surface area contributed by atoms with Crippen LogP contribution < -0.4 is 5.56 Å². The van der Waals surface area contributed by atoms with Crippen molar-refractivity contribution in [2.45, 2.75) is 6.92 Å². The van der Waals surface area contributed by atoms with E-state index in [2.05, 4.69) is 10.1 Å². The molecule has 0 aromatic carbocycles. The first kappa shape index (κ1) is 8.90. The monoisotopic (exact) mass is 217 g/mol. The predicted molar refractivity (Wildman–Crippen MR) is 55.5 cm³/mol. The van der Waals surface area contributed by atoms with Gasteiger partial charge < -0.3 is 9.73 Å². The zero-order valence-corrected chi connectivity index (χ0v) is 8.34. The second-order valence-electron chi connectivity index (χ2n) is 3.46. The third kappa shape index (κ3) is 0.928. The van der Waals surface area contributed by atoms with Crippen molar-refractivity contribution in [3.63, 3.8) is 0 Å². The van der Waals surface area contributed by atoms with Gasteiger partial charge in [-0.05, 0) is 19.1 Å². The Labute approximate surface area is 88.7 Å². The Hall–Kier alpha value is -2.37. The van der Waals surface area contributed by atoms with Gasteiger partial charge in [0.2, 0.25) is 0 Å². The fourth-order valence-corrected chi connectivity index (χ4v) is 1.75. The van der Waals surface area contributed by atoms with Gasteiger partial charge in [0.05, 0.1) is 11.1 Å². The lowest BCUT2D eigenvalue weighted by atomic mass is 10.2. The molecule has 0 fully saturated rings. The van der Waals surface area contributed by atoms with Crippen LogP contribution in [0, 0.1) is 6.92 Å². The molecule has 0 aliphatic rings. The summed E-state index contributed by atoms with van der Waals surface area (Å²) in [6.45, 7) is 1.65. The van der Waals surface area contributed by atoms with Crippen molar-refractivity contribution in [1.29, 1.82) is 0 Å². The van der Waals surface area contributed by atoms with Crippen LogP contribution in [0.4, 0.5) is 0 Å². The number of nitrogens with zero attached hydrogens (tertiary/aromatic N) is 3. The standard InChI is InChI=1S/C10H7N3O3/c1-5-7-8(16-12-5)6-3-2-4-11-9(6)13(15)10(7)14/h2-4,15H,1H3. The second-order valence-corrected chi connectivity index (χ2v) is 3.46. The van der Waals surface area contributed by atoms with Gasteiger partial charge in [0.15, 0.2) is 11.2 Å². The molecule has 16 heavy (non-hydrogen) atoms. The normalized spacial score (nSPS) is 11.3. The molecule has 0 atom stereocenters. The molecule has 0 bridgehead atoms. The average molecular weight is 217 g/mol. The Bertz CT molecular complexity index is 757. The number of hydrogen-bond donors (Lipinski definition) is 1. The average Bonchev–Trinajstić information content (AvgIpc) is 2.69. The van der Waals surface area contributed by atoms with Crippen molar-refractivity contribution in [2.75, 3.05) is 0 Å². The zero-order valence-electron chi connectivity index (χ0n) is 8.34. The highest BCUT2D eigenvalue weighted by molar-refractivity contribution is 6.00. The summed E-state index contributed by atoms with van der Waals surface area (Å²) in [6, 6.07) is 3.41. The fourth-order valence-electron chi connectivity index (χ4n) is 1.75. The van der Waals surface area contributed by atoms with Crippen LogP contribution in [0.1, 0.15) is 5.69 Å². The lowest BCUT2D eigenvalue weighted by molar-refractivity contribution is 0.188. The minimum atomic E-state index is -0.569. The SMILES string of the molecule is Cc1noc2c1c(=O)n(O)c1ncccc21. The van der Waals surface area contributed by atoms with E-state index in [-0.39, 0.29) is 11.0 Å². The van der Waals surface area contributed by atoms with Crippen molar-refractivity contribution >= 4 is 22.0 Å². The van der Waals surface area contributed by atoms with Crippen LogP contribution in [0.3, 0.4) is 0 Å². The molecule has 0 saturated carbocycles. The smallest absolute Gasteiger partial charge is 0.298 e. The Kier molecular flexibility index (Phi) is 1.57. The molecule has 6 heteroatoms. The van der Waals surface area contributed by atoms with Gasteiger partial charge >= 0.3 is 0 Å². The van der Waals surface area contributed by atoms with Crippen LogP contribution in [-0.2, 0) is 0 Å². The number of hydrogen-bond acceptors (Lipinski definition) is 5. The van der Waals surface area contributed by atoms with E-state index in [9.17, 15) is 10.0 Å². The van der Waals surface area contributed by atoms with Crippen molar-refractivity contribution in [1.82, 2.24) is 14.9 Å². The maximum atomic E-state index is 11.8. The van der Waals surface area contributed by atoms with E-state index in [4.69, 9.17) is 4.52 Å². The highest BCUT2D eigenvalue weighted by atomic mass is 16.5. The second kappa shape index (κ2) is 2.82. The maximum absolute atomic E-state index is 11.8. The third-order valence-electron chi connectivity index (χ3n) is 2.50. The number of rotatable bonds is 0. The Morgan fingerprint density at radius 3 is 3.12 bits per heavy atom. The van der Waals surface area contributed by atoms with Gasteiger partial charge in [0, 0.05) is 6.20 Å². The molecule has 3 aromatic heterocycles. The molecular weight excluding hydrogens is 210 g/mol. The first-order chi connectivity index (χ1) is 7.70. The van der Waals surface area contributed by atoms with E-state index in [0.717, 1.165) is 0 Å². The summed E-state index contributed by atoms with van der Waals surface area (Å²) in [5, 5.41) is 14.2. The van der Waals surface area contributed by atoms with Crippen LogP contribution in [-0.4, -0.2) is 20.1 Å². The molecule has 1 N–H and O–H groups in total. The Morgan fingerprint density at radius 1 is 1.50 bits per heavy atom. The van der Waals surface area contributed by atoms with Gasteiger partial charge in [-0.15, -0.1) is 4.73 Å². The topological polar surface area (TPSA) is 81.2 Å². The van der Waals surface area contributed by atoms with E-state index in [1.54, 1.807) is 19.1 Å². The summed E-state index contributed by atoms with van der Waals surface area (Å²) in [5.74, 6) is 0. The van der Waals surface area contributed by atoms with Gasteiger partial charge in [-0.2, -0.15) is 0 Å². The number of pyridine rings is 2. The third-order valence-corrected chi connectivity index (χ3v) is 2.50. The molecule has 0 saturated heterocycles. The molecule has 6 nitrogen and oxygen atoms in total. The first-order valence-electron chi connectivity index (χ1n) is 4.65. The first-order valence-corrected chi connectivity index (χ1v) is 4.65. The van der Waals surface area contributed by atoms with Crippen molar-refractivity contribution < 1.29 is 9.73 Å². The number of aromatic nitrogens is 3. The summed E-state index contributed by atoms with van der Waals surface area (Å²) in [7, 11) is 0. The van der Waals surface area contributed by atoms with Crippen LogP contribution >= 0.6 is 0 Å². The number of aryl methyl sites for hydroxylation is 1. The fraction of sp³-hybridized carbons (Fsp3) is 0.100. The largest absolute Gasteiger partial charge is 0.423 e. The van der Waals surface area contributed by atoms with E-state index >= 15 is 0 Å². The van der Waals surface area contributed by atoms with Gasteiger partial charge in [-0.25, -0.2) is 4.98 Å². The highest BCUT2D eigenvalue weighted by Gasteiger charge is 2.16. The molecule has 0 amide bonds. The zero-order chi connectivity index (χ0) is 11.3. The van der Waals surface area contributed by atoms with Gasteiger partial charge in [0.1, 0.15) is 5.39 Å². The summed E-state index contributed by atoms with van der Waals surface area (Å²) in [6.07, 6.45) is 1.49. The quantitative estimate of drug-likeness (QED) is 0.570. The molecule has 0 aliphatic heterocycles. The van der Waals surface area contributed by atoms with Crippen molar-refractivity contribution in [3.8, 4) is 0 Å². The van der Waals surface area contributed by atoms with Crippen LogP contribution in [0.25, 0.3) is 22.0 Å². The van der Waals surface area contributed by atoms with Gasteiger partial charge in [0.25, 0.3) is 5.56 Å². The molecule has 3 rings (SSSR count). The molecule has 0 spiro atoms. The Balaban J connectivity index is 2.76. The van der Waals surface area contributed by atoms with Gasteiger partial charge in [-0.1, -0.05) is 5.16 Å². The lowest BCUT2D eigenvalue weighted by Crippen LogP contribution is -2.19. The molecule has 0 unspecified atom stereocenters. The minimum Gasteiger partial charge on any atom is -0.423 e. The molecular formula is C10H7N3O3. The van der Waals surface area contributed by atoms with E-state index in [1.165, 1.54) is 6.20 Å². The number of fused-ring (bicyclic) bond motifs is 3. The van der Waals surface area contributed by atoms with Crippen LogP contribution in [0.2, 0.25) is 0 Å². The van der Waals surface area contributed by atoms with Crippen molar-refractivity contribution in [3.05, 3.63) is 34.4 Å². The van der Waals surface area contributed by atoms with Crippen molar-refractivity contribution in [2.24, 2.45) is 0 Å². The van der Waals surface area contributed by atoms with Gasteiger partial charge in [-0.3, -0.25) is 4.79 Å².